The lowest BCUT2D eigenvalue weighted by molar-refractivity contribution is -0.126. The Morgan fingerprint density at radius 2 is 2.19 bits per heavy atom. The zero-order valence-electron chi connectivity index (χ0n) is 13.1. The Labute approximate surface area is 126 Å². The molecule has 0 aliphatic heterocycles. The lowest BCUT2D eigenvalue weighted by Crippen LogP contribution is -2.41. The number of amides is 1. The van der Waals surface area contributed by atoms with Gasteiger partial charge in [0.15, 0.2) is 0 Å². The summed E-state index contributed by atoms with van der Waals surface area (Å²) in [6, 6.07) is 8.05. The molecule has 5 heteroatoms. The van der Waals surface area contributed by atoms with Gasteiger partial charge in [0.1, 0.15) is 5.75 Å². The highest BCUT2D eigenvalue weighted by Gasteiger charge is 2.48. The Hall–Kier alpha value is -1.59. The minimum absolute atomic E-state index is 0.0831. The molecule has 1 unspecified atom stereocenters. The van der Waals surface area contributed by atoms with E-state index < -0.39 is 0 Å². The molecule has 0 saturated heterocycles. The molecule has 1 aliphatic carbocycles. The number of ether oxygens (including phenoxy) is 1. The van der Waals surface area contributed by atoms with Crippen molar-refractivity contribution < 1.29 is 9.53 Å². The largest absolute Gasteiger partial charge is 0.497 e. The molecule has 0 aromatic heterocycles. The van der Waals surface area contributed by atoms with Gasteiger partial charge in [0.05, 0.1) is 18.6 Å². The predicted octanol–water partition coefficient (Wildman–Crippen LogP) is 1.15. The average Bonchev–Trinajstić information content (AvgIpc) is 3.28. The van der Waals surface area contributed by atoms with Crippen LogP contribution in [0.25, 0.3) is 0 Å². The number of carbonyl (C=O) groups excluding carboxylic acids is 1. The number of carbonyl (C=O) groups is 1. The van der Waals surface area contributed by atoms with Gasteiger partial charge in [0.2, 0.25) is 5.91 Å². The fourth-order valence-electron chi connectivity index (χ4n) is 2.50. The second kappa shape index (κ2) is 6.45. The van der Waals surface area contributed by atoms with Crippen LogP contribution in [-0.2, 0) is 4.79 Å². The molecule has 1 aliphatic rings. The number of hydrogen-bond acceptors (Lipinski definition) is 4. The summed E-state index contributed by atoms with van der Waals surface area (Å²) in [6.45, 7) is 1.01. The summed E-state index contributed by atoms with van der Waals surface area (Å²) < 4.78 is 5.27. The van der Waals surface area contributed by atoms with E-state index in [9.17, 15) is 4.79 Å². The molecular weight excluding hydrogens is 266 g/mol. The van der Waals surface area contributed by atoms with E-state index in [4.69, 9.17) is 10.5 Å². The standard InChI is InChI=1S/C16H25N3O2/c1-19(2)14(12-5-4-6-13(9-12)21-3)10-18-15(20)16(11-17)7-8-16/h4-6,9,14H,7-8,10-11,17H2,1-3H3,(H,18,20). The van der Waals surface area contributed by atoms with Gasteiger partial charge >= 0.3 is 0 Å². The quantitative estimate of drug-likeness (QED) is 0.791. The zero-order valence-corrected chi connectivity index (χ0v) is 13.1. The Morgan fingerprint density at radius 1 is 1.48 bits per heavy atom. The molecule has 1 amide bonds. The fourth-order valence-corrected chi connectivity index (χ4v) is 2.50. The van der Waals surface area contributed by atoms with Gasteiger partial charge in [-0.05, 0) is 44.6 Å². The summed E-state index contributed by atoms with van der Waals surface area (Å²) in [7, 11) is 5.67. The molecule has 1 aromatic rings. The predicted molar refractivity (Wildman–Crippen MR) is 83.2 cm³/mol. The normalized spacial score (nSPS) is 17.4. The zero-order chi connectivity index (χ0) is 15.5. The van der Waals surface area contributed by atoms with Crippen LogP contribution in [-0.4, -0.2) is 45.1 Å². The second-order valence-electron chi connectivity index (χ2n) is 5.95. The van der Waals surface area contributed by atoms with Crippen molar-refractivity contribution in [3.8, 4) is 5.75 Å². The van der Waals surface area contributed by atoms with Crippen molar-refractivity contribution in [1.82, 2.24) is 10.2 Å². The smallest absolute Gasteiger partial charge is 0.227 e. The Balaban J connectivity index is 2.04. The van der Waals surface area contributed by atoms with Gasteiger partial charge in [-0.1, -0.05) is 12.1 Å². The first-order valence-corrected chi connectivity index (χ1v) is 7.31. The number of nitrogens with zero attached hydrogens (tertiary/aromatic N) is 1. The van der Waals surface area contributed by atoms with Crippen LogP contribution < -0.4 is 15.8 Å². The summed E-state index contributed by atoms with van der Waals surface area (Å²) in [6.07, 6.45) is 1.81. The van der Waals surface area contributed by atoms with Crippen molar-refractivity contribution >= 4 is 5.91 Å². The molecule has 116 valence electrons. The third kappa shape index (κ3) is 3.54. The molecule has 1 atom stereocenters. The number of benzene rings is 1. The van der Waals surface area contributed by atoms with E-state index in [1.165, 1.54) is 0 Å². The highest BCUT2D eigenvalue weighted by Crippen LogP contribution is 2.44. The molecule has 1 aromatic carbocycles. The molecule has 2 rings (SSSR count). The molecular formula is C16H25N3O2. The average molecular weight is 291 g/mol. The molecule has 0 spiro atoms. The van der Waals surface area contributed by atoms with Crippen LogP contribution in [0, 0.1) is 5.41 Å². The highest BCUT2D eigenvalue weighted by molar-refractivity contribution is 5.85. The van der Waals surface area contributed by atoms with Gasteiger partial charge in [-0.25, -0.2) is 0 Å². The number of nitrogens with one attached hydrogen (secondary N) is 1. The summed E-state index contributed by atoms with van der Waals surface area (Å²) in [4.78, 5) is 14.3. The number of likely N-dealkylation sites (N-methyl/N-ethyl adjacent to an activating group) is 1. The van der Waals surface area contributed by atoms with Crippen molar-refractivity contribution in [1.29, 1.82) is 0 Å². The number of hydrogen-bond donors (Lipinski definition) is 2. The molecule has 21 heavy (non-hydrogen) atoms. The first-order valence-electron chi connectivity index (χ1n) is 7.31. The molecule has 3 N–H and O–H groups in total. The van der Waals surface area contributed by atoms with Gasteiger partial charge in [-0.2, -0.15) is 0 Å². The van der Waals surface area contributed by atoms with E-state index in [0.717, 1.165) is 24.2 Å². The molecule has 0 heterocycles. The van der Waals surface area contributed by atoms with E-state index in [2.05, 4.69) is 16.3 Å². The number of methoxy groups -OCH3 is 1. The van der Waals surface area contributed by atoms with Crippen LogP contribution in [0.1, 0.15) is 24.4 Å². The summed E-state index contributed by atoms with van der Waals surface area (Å²) in [5, 5.41) is 3.05. The summed E-state index contributed by atoms with van der Waals surface area (Å²) >= 11 is 0. The summed E-state index contributed by atoms with van der Waals surface area (Å²) in [5.74, 6) is 0.908. The van der Waals surface area contributed by atoms with Gasteiger partial charge in [0.25, 0.3) is 0 Å². The van der Waals surface area contributed by atoms with Crippen LogP contribution in [0.2, 0.25) is 0 Å². The van der Waals surface area contributed by atoms with Crippen LogP contribution in [0.5, 0.6) is 5.75 Å². The van der Waals surface area contributed by atoms with E-state index in [1.54, 1.807) is 7.11 Å². The van der Waals surface area contributed by atoms with Gasteiger partial charge < -0.3 is 20.7 Å². The van der Waals surface area contributed by atoms with Gasteiger partial charge in [-0.15, -0.1) is 0 Å². The lowest BCUT2D eigenvalue weighted by atomic mass is 10.0. The highest BCUT2D eigenvalue weighted by atomic mass is 16.5. The van der Waals surface area contributed by atoms with Gasteiger partial charge in [0, 0.05) is 13.1 Å². The van der Waals surface area contributed by atoms with E-state index in [1.807, 2.05) is 32.3 Å². The summed E-state index contributed by atoms with van der Waals surface area (Å²) in [5.41, 5.74) is 6.52. The van der Waals surface area contributed by atoms with Crippen molar-refractivity contribution in [2.75, 3.05) is 34.3 Å². The molecule has 5 nitrogen and oxygen atoms in total. The van der Waals surface area contributed by atoms with Gasteiger partial charge in [-0.3, -0.25) is 4.79 Å². The maximum atomic E-state index is 12.2. The third-order valence-corrected chi connectivity index (χ3v) is 4.28. The van der Waals surface area contributed by atoms with Crippen molar-refractivity contribution in [2.24, 2.45) is 11.1 Å². The molecule has 1 saturated carbocycles. The first-order chi connectivity index (χ1) is 10.0. The number of nitrogens with two attached hydrogens (primary N) is 1. The van der Waals surface area contributed by atoms with Crippen molar-refractivity contribution in [3.63, 3.8) is 0 Å². The Bertz CT molecular complexity index is 498. The first kappa shape index (κ1) is 15.8. The number of rotatable bonds is 7. The SMILES string of the molecule is COc1cccc(C(CNC(=O)C2(CN)CC2)N(C)C)c1. The Kier molecular flexibility index (Phi) is 4.85. The maximum Gasteiger partial charge on any atom is 0.227 e. The van der Waals surface area contributed by atoms with Crippen LogP contribution in [0.3, 0.4) is 0 Å². The third-order valence-electron chi connectivity index (χ3n) is 4.28. The fraction of sp³-hybridized carbons (Fsp3) is 0.562. The minimum Gasteiger partial charge on any atom is -0.497 e. The van der Waals surface area contributed by atoms with E-state index in [-0.39, 0.29) is 17.4 Å². The van der Waals surface area contributed by atoms with Crippen LogP contribution >= 0.6 is 0 Å². The molecule has 0 bridgehead atoms. The second-order valence-corrected chi connectivity index (χ2v) is 5.95. The minimum atomic E-state index is -0.300. The molecule has 1 fully saturated rings. The van der Waals surface area contributed by atoms with Crippen molar-refractivity contribution in [2.45, 2.75) is 18.9 Å². The van der Waals surface area contributed by atoms with E-state index >= 15 is 0 Å². The van der Waals surface area contributed by atoms with Crippen molar-refractivity contribution in [3.05, 3.63) is 29.8 Å². The molecule has 0 radical (unpaired) electrons. The Morgan fingerprint density at radius 3 is 2.71 bits per heavy atom. The topological polar surface area (TPSA) is 67.6 Å². The van der Waals surface area contributed by atoms with E-state index in [0.29, 0.717) is 13.1 Å². The van der Waals surface area contributed by atoms with Crippen LogP contribution in [0.15, 0.2) is 24.3 Å². The monoisotopic (exact) mass is 291 g/mol. The lowest BCUT2D eigenvalue weighted by Gasteiger charge is -2.26. The maximum absolute atomic E-state index is 12.2. The van der Waals surface area contributed by atoms with Crippen LogP contribution in [0.4, 0.5) is 0 Å².